The van der Waals surface area contributed by atoms with Gasteiger partial charge in [0.05, 0.1) is 0 Å². The maximum Gasteiger partial charge on any atom is 0.126 e. The third-order valence-corrected chi connectivity index (χ3v) is 3.41. The van der Waals surface area contributed by atoms with Gasteiger partial charge >= 0.3 is 0 Å². The van der Waals surface area contributed by atoms with Crippen LogP contribution < -0.4 is 5.32 Å². The Morgan fingerprint density at radius 2 is 2.05 bits per heavy atom. The smallest absolute Gasteiger partial charge is 0.126 e. The van der Waals surface area contributed by atoms with E-state index in [9.17, 15) is 9.50 Å². The summed E-state index contributed by atoms with van der Waals surface area (Å²) in [4.78, 5) is 0. The van der Waals surface area contributed by atoms with E-state index < -0.39 is 5.82 Å². The van der Waals surface area contributed by atoms with Gasteiger partial charge in [0.15, 0.2) is 0 Å². The Kier molecular flexibility index (Phi) is 6.81. The molecule has 1 aromatic carbocycles. The molecule has 19 heavy (non-hydrogen) atoms. The van der Waals surface area contributed by atoms with E-state index in [1.807, 2.05) is 6.92 Å². The third-order valence-electron chi connectivity index (χ3n) is 3.41. The van der Waals surface area contributed by atoms with E-state index >= 15 is 0 Å². The monoisotopic (exact) mass is 269 g/mol. The summed E-state index contributed by atoms with van der Waals surface area (Å²) >= 11 is 0. The topological polar surface area (TPSA) is 52.5 Å². The lowest BCUT2D eigenvalue weighted by atomic mass is 9.99. The first-order chi connectivity index (χ1) is 9.08. The second-order valence-corrected chi connectivity index (χ2v) is 5.00. The lowest BCUT2D eigenvalue weighted by Gasteiger charge is -2.20. The quantitative estimate of drug-likeness (QED) is 0.680. The highest BCUT2D eigenvalue weighted by molar-refractivity contribution is 5.34. The first kappa shape index (κ1) is 15.9. The fraction of sp³-hybridized carbons (Fsp3) is 0.600. The van der Waals surface area contributed by atoms with Crippen molar-refractivity contribution in [1.82, 2.24) is 5.32 Å². The van der Waals surface area contributed by atoms with Crippen LogP contribution in [-0.4, -0.2) is 23.4 Å². The Bertz CT molecular complexity index is 378. The van der Waals surface area contributed by atoms with Gasteiger partial charge < -0.3 is 15.5 Å². The molecule has 0 radical (unpaired) electrons. The average molecular weight is 269 g/mol. The van der Waals surface area contributed by atoms with Gasteiger partial charge in [0.2, 0.25) is 0 Å². The Labute approximate surface area is 114 Å². The largest absolute Gasteiger partial charge is 0.508 e. The molecule has 3 nitrogen and oxygen atoms in total. The molecule has 0 fully saturated rings. The van der Waals surface area contributed by atoms with Crippen molar-refractivity contribution in [1.29, 1.82) is 0 Å². The van der Waals surface area contributed by atoms with Crippen molar-refractivity contribution in [3.63, 3.8) is 0 Å². The van der Waals surface area contributed by atoms with E-state index in [1.165, 1.54) is 6.07 Å². The summed E-state index contributed by atoms with van der Waals surface area (Å²) in [6, 6.07) is 4.04. The normalized spacial score (nSPS) is 14.3. The second-order valence-electron chi connectivity index (χ2n) is 5.00. The molecule has 0 aliphatic carbocycles. The van der Waals surface area contributed by atoms with Gasteiger partial charge in [0.1, 0.15) is 11.6 Å². The average Bonchev–Trinajstić information content (AvgIpc) is 2.36. The van der Waals surface area contributed by atoms with E-state index in [0.29, 0.717) is 11.5 Å². The van der Waals surface area contributed by atoms with Crippen molar-refractivity contribution in [2.75, 3.05) is 13.2 Å². The molecule has 2 unspecified atom stereocenters. The summed E-state index contributed by atoms with van der Waals surface area (Å²) < 4.78 is 12.9. The summed E-state index contributed by atoms with van der Waals surface area (Å²) in [5.74, 6) is -0.0215. The van der Waals surface area contributed by atoms with Crippen LogP contribution in [0.15, 0.2) is 18.2 Å². The summed E-state index contributed by atoms with van der Waals surface area (Å²) in [5, 5.41) is 22.1. The number of nitrogens with one attached hydrogen (secondary N) is 1. The molecule has 3 N–H and O–H groups in total. The van der Waals surface area contributed by atoms with Crippen LogP contribution >= 0.6 is 0 Å². The van der Waals surface area contributed by atoms with Crippen LogP contribution in [0.1, 0.15) is 44.7 Å². The number of aliphatic hydroxyl groups excluding tert-OH is 1. The van der Waals surface area contributed by atoms with E-state index in [-0.39, 0.29) is 18.4 Å². The number of halogens is 1. The van der Waals surface area contributed by atoms with Crippen molar-refractivity contribution < 1.29 is 14.6 Å². The molecular weight excluding hydrogens is 245 g/mol. The minimum atomic E-state index is -0.433. The Morgan fingerprint density at radius 3 is 2.63 bits per heavy atom. The first-order valence-electron chi connectivity index (χ1n) is 6.91. The van der Waals surface area contributed by atoms with Crippen LogP contribution in [0.4, 0.5) is 4.39 Å². The number of hydrogen-bond donors (Lipinski definition) is 3. The molecule has 0 heterocycles. The van der Waals surface area contributed by atoms with Crippen molar-refractivity contribution in [3.05, 3.63) is 29.6 Å². The van der Waals surface area contributed by atoms with Gasteiger partial charge in [-0.15, -0.1) is 0 Å². The maximum absolute atomic E-state index is 12.9. The zero-order valence-electron chi connectivity index (χ0n) is 11.7. The molecule has 2 atom stereocenters. The number of phenolic OH excluding ortho intramolecular Hbond substituents is 1. The number of hydrogen-bond acceptors (Lipinski definition) is 3. The summed E-state index contributed by atoms with van der Waals surface area (Å²) in [7, 11) is 0. The van der Waals surface area contributed by atoms with E-state index in [2.05, 4.69) is 12.2 Å². The first-order valence-corrected chi connectivity index (χ1v) is 6.91. The molecule has 0 saturated carbocycles. The molecule has 0 amide bonds. The Balaban J connectivity index is 2.55. The van der Waals surface area contributed by atoms with Crippen LogP contribution in [0.2, 0.25) is 0 Å². The SMILES string of the molecule is CCCC(CCO)CNC(C)c1ccc(F)cc1O. The molecule has 0 aliphatic rings. The van der Waals surface area contributed by atoms with Crippen LogP contribution in [0, 0.1) is 11.7 Å². The minimum absolute atomic E-state index is 0.0193. The third kappa shape index (κ3) is 5.17. The number of phenols is 1. The molecule has 1 aromatic rings. The summed E-state index contributed by atoms with van der Waals surface area (Å²) in [5.41, 5.74) is 0.695. The van der Waals surface area contributed by atoms with Gasteiger partial charge in [-0.1, -0.05) is 19.4 Å². The molecule has 108 valence electrons. The van der Waals surface area contributed by atoms with E-state index in [1.54, 1.807) is 6.07 Å². The molecule has 0 spiro atoms. The summed E-state index contributed by atoms with van der Waals surface area (Å²) in [6.45, 7) is 5.05. The van der Waals surface area contributed by atoms with E-state index in [0.717, 1.165) is 31.9 Å². The highest BCUT2D eigenvalue weighted by atomic mass is 19.1. The lowest BCUT2D eigenvalue weighted by Crippen LogP contribution is -2.26. The van der Waals surface area contributed by atoms with Crippen LogP contribution in [0.25, 0.3) is 0 Å². The van der Waals surface area contributed by atoms with Crippen molar-refractivity contribution in [3.8, 4) is 5.75 Å². The van der Waals surface area contributed by atoms with Crippen LogP contribution in [0.5, 0.6) is 5.75 Å². The number of benzene rings is 1. The molecular formula is C15H24FNO2. The van der Waals surface area contributed by atoms with Gasteiger partial charge in [-0.25, -0.2) is 4.39 Å². The molecule has 1 rings (SSSR count). The Hall–Kier alpha value is -1.13. The van der Waals surface area contributed by atoms with Gasteiger partial charge in [-0.05, 0) is 38.3 Å². The van der Waals surface area contributed by atoms with Gasteiger partial charge in [0.25, 0.3) is 0 Å². The molecule has 0 bridgehead atoms. The fourth-order valence-corrected chi connectivity index (χ4v) is 2.28. The lowest BCUT2D eigenvalue weighted by molar-refractivity contribution is 0.245. The van der Waals surface area contributed by atoms with E-state index in [4.69, 9.17) is 5.11 Å². The van der Waals surface area contributed by atoms with Crippen LogP contribution in [0.3, 0.4) is 0 Å². The van der Waals surface area contributed by atoms with Crippen LogP contribution in [-0.2, 0) is 0 Å². The maximum atomic E-state index is 12.9. The standard InChI is InChI=1S/C15H24FNO2/c1-3-4-12(7-8-18)10-17-11(2)14-6-5-13(16)9-15(14)19/h5-6,9,11-12,17-19H,3-4,7-8,10H2,1-2H3. The van der Waals surface area contributed by atoms with Gasteiger partial charge in [-0.3, -0.25) is 0 Å². The van der Waals surface area contributed by atoms with Crippen molar-refractivity contribution in [2.45, 2.75) is 39.2 Å². The van der Waals surface area contributed by atoms with Crippen molar-refractivity contribution >= 4 is 0 Å². The second kappa shape index (κ2) is 8.12. The van der Waals surface area contributed by atoms with Gasteiger partial charge in [-0.2, -0.15) is 0 Å². The Morgan fingerprint density at radius 1 is 1.32 bits per heavy atom. The minimum Gasteiger partial charge on any atom is -0.508 e. The summed E-state index contributed by atoms with van der Waals surface area (Å²) in [6.07, 6.45) is 2.93. The molecule has 4 heteroatoms. The molecule has 0 aromatic heterocycles. The highest BCUT2D eigenvalue weighted by Gasteiger charge is 2.13. The number of rotatable bonds is 8. The van der Waals surface area contributed by atoms with Gasteiger partial charge in [0, 0.05) is 24.3 Å². The predicted molar refractivity (Wildman–Crippen MR) is 74.6 cm³/mol. The molecule has 0 aliphatic heterocycles. The highest BCUT2D eigenvalue weighted by Crippen LogP contribution is 2.25. The number of aliphatic hydroxyl groups is 1. The van der Waals surface area contributed by atoms with Crippen molar-refractivity contribution in [2.24, 2.45) is 5.92 Å². The predicted octanol–water partition coefficient (Wildman–Crippen LogP) is 2.98. The molecule has 0 saturated heterocycles. The zero-order valence-corrected chi connectivity index (χ0v) is 11.7. The zero-order chi connectivity index (χ0) is 14.3. The number of aromatic hydroxyl groups is 1. The fourth-order valence-electron chi connectivity index (χ4n) is 2.28.